The van der Waals surface area contributed by atoms with Gasteiger partial charge in [-0.2, -0.15) is 0 Å². The van der Waals surface area contributed by atoms with Gasteiger partial charge in [-0.3, -0.25) is 0 Å². The van der Waals surface area contributed by atoms with Crippen molar-refractivity contribution in [1.82, 2.24) is 5.32 Å². The number of hydrogen-bond acceptors (Lipinski definition) is 1. The highest BCUT2D eigenvalue weighted by atomic mass is 14.9. The average molecular weight is 209 g/mol. The summed E-state index contributed by atoms with van der Waals surface area (Å²) in [4.78, 5) is 0. The van der Waals surface area contributed by atoms with Crippen LogP contribution >= 0.6 is 0 Å². The van der Waals surface area contributed by atoms with E-state index in [9.17, 15) is 0 Å². The molecule has 0 amide bonds. The Hall–Kier alpha value is -0.0400. The smallest absolute Gasteiger partial charge is 0.00950 e. The molecule has 4 atom stereocenters. The molecule has 0 aromatic rings. The van der Waals surface area contributed by atoms with E-state index in [1.165, 1.54) is 38.5 Å². The summed E-state index contributed by atoms with van der Waals surface area (Å²) in [6.45, 7) is 4.87. The highest BCUT2D eigenvalue weighted by molar-refractivity contribution is 4.87. The lowest BCUT2D eigenvalue weighted by Crippen LogP contribution is -2.38. The summed E-state index contributed by atoms with van der Waals surface area (Å²) in [5.41, 5.74) is 0. The lowest BCUT2D eigenvalue weighted by molar-refractivity contribution is 0.167. The van der Waals surface area contributed by atoms with Crippen molar-refractivity contribution < 1.29 is 0 Å². The summed E-state index contributed by atoms with van der Waals surface area (Å²) in [6, 6.07) is 0.812. The lowest BCUT2D eigenvalue weighted by atomic mass is 9.72. The van der Waals surface area contributed by atoms with Gasteiger partial charge < -0.3 is 5.32 Å². The van der Waals surface area contributed by atoms with Gasteiger partial charge in [-0.25, -0.2) is 0 Å². The first-order valence-electron chi connectivity index (χ1n) is 6.88. The fraction of sp³-hybridized carbons (Fsp3) is 1.00. The largest absolute Gasteiger partial charge is 0.317 e. The minimum absolute atomic E-state index is 0.812. The Bertz CT molecular complexity index is 198. The third-order valence-electron chi connectivity index (χ3n) is 4.86. The van der Waals surface area contributed by atoms with Gasteiger partial charge in [0.1, 0.15) is 0 Å². The van der Waals surface area contributed by atoms with Crippen molar-refractivity contribution in [3.63, 3.8) is 0 Å². The van der Waals surface area contributed by atoms with E-state index in [1.807, 2.05) is 0 Å². The van der Waals surface area contributed by atoms with Crippen LogP contribution in [0.4, 0.5) is 0 Å². The number of nitrogens with one attached hydrogen (secondary N) is 1. The maximum atomic E-state index is 3.58. The van der Waals surface area contributed by atoms with E-state index in [0.717, 1.165) is 29.7 Å². The van der Waals surface area contributed by atoms with Crippen molar-refractivity contribution in [1.29, 1.82) is 0 Å². The molecular formula is C14H27N. The second kappa shape index (κ2) is 4.86. The van der Waals surface area contributed by atoms with Crippen LogP contribution in [-0.2, 0) is 0 Å². The fourth-order valence-corrected chi connectivity index (χ4v) is 3.21. The van der Waals surface area contributed by atoms with Crippen LogP contribution in [0.15, 0.2) is 0 Å². The zero-order chi connectivity index (χ0) is 10.8. The predicted molar refractivity (Wildman–Crippen MR) is 65.9 cm³/mol. The Morgan fingerprint density at radius 2 is 1.80 bits per heavy atom. The fourth-order valence-electron chi connectivity index (χ4n) is 3.21. The molecule has 0 heterocycles. The van der Waals surface area contributed by atoms with E-state index in [-0.39, 0.29) is 0 Å². The monoisotopic (exact) mass is 209 g/mol. The molecule has 88 valence electrons. The third kappa shape index (κ3) is 2.96. The zero-order valence-corrected chi connectivity index (χ0v) is 10.6. The molecular weight excluding hydrogens is 182 g/mol. The number of hydrogen-bond donors (Lipinski definition) is 1. The SMILES string of the molecule is CNC(CC1CC1)C1CCC(C)C(C)C1. The topological polar surface area (TPSA) is 12.0 Å². The first kappa shape index (κ1) is 11.4. The summed E-state index contributed by atoms with van der Waals surface area (Å²) in [6.07, 6.45) is 8.81. The Balaban J connectivity index is 1.84. The van der Waals surface area contributed by atoms with Gasteiger partial charge in [0.25, 0.3) is 0 Å². The first-order chi connectivity index (χ1) is 7.20. The second-order valence-corrected chi connectivity index (χ2v) is 6.10. The van der Waals surface area contributed by atoms with Gasteiger partial charge in [0.15, 0.2) is 0 Å². The van der Waals surface area contributed by atoms with Crippen molar-refractivity contribution >= 4 is 0 Å². The highest BCUT2D eigenvalue weighted by Crippen LogP contribution is 2.40. The van der Waals surface area contributed by atoms with Gasteiger partial charge in [-0.05, 0) is 50.0 Å². The van der Waals surface area contributed by atoms with Crippen LogP contribution in [0.3, 0.4) is 0 Å². The van der Waals surface area contributed by atoms with Gasteiger partial charge in [-0.15, -0.1) is 0 Å². The third-order valence-corrected chi connectivity index (χ3v) is 4.86. The maximum absolute atomic E-state index is 3.58. The lowest BCUT2D eigenvalue weighted by Gasteiger charge is -2.36. The minimum Gasteiger partial charge on any atom is -0.317 e. The van der Waals surface area contributed by atoms with Crippen molar-refractivity contribution in [2.24, 2.45) is 23.7 Å². The first-order valence-corrected chi connectivity index (χ1v) is 6.88. The van der Waals surface area contributed by atoms with Gasteiger partial charge in [0.05, 0.1) is 0 Å². The normalized spacial score (nSPS) is 39.0. The molecule has 4 unspecified atom stereocenters. The zero-order valence-electron chi connectivity index (χ0n) is 10.6. The van der Waals surface area contributed by atoms with Crippen molar-refractivity contribution in [2.75, 3.05) is 7.05 Å². The molecule has 0 radical (unpaired) electrons. The van der Waals surface area contributed by atoms with Gasteiger partial charge >= 0.3 is 0 Å². The van der Waals surface area contributed by atoms with Crippen LogP contribution in [0.25, 0.3) is 0 Å². The van der Waals surface area contributed by atoms with E-state index in [4.69, 9.17) is 0 Å². The molecule has 2 rings (SSSR count). The molecule has 2 saturated carbocycles. The molecule has 0 bridgehead atoms. The van der Waals surface area contributed by atoms with Crippen LogP contribution in [-0.4, -0.2) is 13.1 Å². The Kier molecular flexibility index (Phi) is 3.71. The molecule has 1 N–H and O–H groups in total. The van der Waals surface area contributed by atoms with Crippen molar-refractivity contribution in [3.05, 3.63) is 0 Å². The maximum Gasteiger partial charge on any atom is 0.00950 e. The Labute approximate surface area is 95.0 Å². The second-order valence-electron chi connectivity index (χ2n) is 6.10. The standard InChI is InChI=1S/C14H27N/c1-10-4-7-13(8-11(10)2)14(15-3)9-12-5-6-12/h10-15H,4-9H2,1-3H3. The molecule has 2 aliphatic carbocycles. The summed E-state index contributed by atoms with van der Waals surface area (Å²) >= 11 is 0. The van der Waals surface area contributed by atoms with Crippen LogP contribution in [0, 0.1) is 23.7 Å². The molecule has 0 saturated heterocycles. The molecule has 0 aliphatic heterocycles. The molecule has 0 aromatic heterocycles. The Morgan fingerprint density at radius 1 is 1.07 bits per heavy atom. The van der Waals surface area contributed by atoms with E-state index < -0.39 is 0 Å². The molecule has 1 heteroatoms. The molecule has 2 fully saturated rings. The molecule has 1 nitrogen and oxygen atoms in total. The highest BCUT2D eigenvalue weighted by Gasteiger charge is 2.33. The quantitative estimate of drug-likeness (QED) is 0.748. The van der Waals surface area contributed by atoms with E-state index >= 15 is 0 Å². The Morgan fingerprint density at radius 3 is 2.33 bits per heavy atom. The molecule has 0 aromatic carbocycles. The van der Waals surface area contributed by atoms with Crippen LogP contribution in [0.1, 0.15) is 52.4 Å². The van der Waals surface area contributed by atoms with Crippen LogP contribution < -0.4 is 5.32 Å². The summed E-state index contributed by atoms with van der Waals surface area (Å²) < 4.78 is 0. The van der Waals surface area contributed by atoms with Crippen molar-refractivity contribution in [3.8, 4) is 0 Å². The van der Waals surface area contributed by atoms with Gasteiger partial charge in [0, 0.05) is 6.04 Å². The predicted octanol–water partition coefficient (Wildman–Crippen LogP) is 3.45. The van der Waals surface area contributed by atoms with Crippen LogP contribution in [0.2, 0.25) is 0 Å². The van der Waals surface area contributed by atoms with Gasteiger partial charge in [-0.1, -0.05) is 33.1 Å². The summed E-state index contributed by atoms with van der Waals surface area (Å²) in [7, 11) is 2.16. The average Bonchev–Trinajstić information content (AvgIpc) is 3.02. The summed E-state index contributed by atoms with van der Waals surface area (Å²) in [5, 5.41) is 3.58. The summed E-state index contributed by atoms with van der Waals surface area (Å²) in [5.74, 6) is 3.93. The minimum atomic E-state index is 0.812. The molecule has 2 aliphatic rings. The van der Waals surface area contributed by atoms with E-state index in [0.29, 0.717) is 0 Å². The van der Waals surface area contributed by atoms with Crippen LogP contribution in [0.5, 0.6) is 0 Å². The van der Waals surface area contributed by atoms with Crippen molar-refractivity contribution in [2.45, 2.75) is 58.4 Å². The van der Waals surface area contributed by atoms with Gasteiger partial charge in [0.2, 0.25) is 0 Å². The molecule has 0 spiro atoms. The van der Waals surface area contributed by atoms with E-state index in [2.05, 4.69) is 26.2 Å². The number of rotatable bonds is 4. The molecule has 15 heavy (non-hydrogen) atoms. The van der Waals surface area contributed by atoms with E-state index in [1.54, 1.807) is 0 Å².